The fourth-order valence-electron chi connectivity index (χ4n) is 0.829. The van der Waals surface area contributed by atoms with Gasteiger partial charge in [0.2, 0.25) is 5.90 Å². The average Bonchev–Trinajstić information content (AvgIpc) is 2.26. The van der Waals surface area contributed by atoms with Gasteiger partial charge in [0.1, 0.15) is 0 Å². The summed E-state index contributed by atoms with van der Waals surface area (Å²) in [5.41, 5.74) is 2.70. The number of rotatable bonds is 2. The molecule has 0 radical (unpaired) electrons. The lowest BCUT2D eigenvalue weighted by Gasteiger charge is -2.05. The first-order valence-corrected chi connectivity index (χ1v) is 4.33. The fourth-order valence-corrected chi connectivity index (χ4v) is 0.829. The third kappa shape index (κ3) is 2.90. The Hall–Kier alpha value is -1.84. The molecule has 0 aliphatic carbocycles. The molecule has 4 nitrogen and oxygen atoms in total. The Morgan fingerprint density at radius 1 is 1.43 bits per heavy atom. The molecule has 0 aliphatic heterocycles. The normalized spacial score (nSPS) is 9.21. The second kappa shape index (κ2) is 5.01. The van der Waals surface area contributed by atoms with E-state index in [1.165, 1.54) is 0 Å². The number of carbonyl (C=O) groups excluding carboxylic acids is 1. The van der Waals surface area contributed by atoms with E-state index in [-0.39, 0.29) is 11.8 Å². The fraction of sp³-hybridized carbons (Fsp3) is 0.200. The van der Waals surface area contributed by atoms with Crippen LogP contribution in [-0.4, -0.2) is 11.8 Å². The number of hydrogen-bond donors (Lipinski definition) is 2. The number of carbonyl (C=O) groups is 1. The number of hydrogen-bond acceptors (Lipinski definition) is 3. The molecule has 0 aromatic heterocycles. The molecule has 4 heteroatoms. The van der Waals surface area contributed by atoms with Crippen LogP contribution in [0.2, 0.25) is 0 Å². The molecular weight excluding hydrogens is 180 g/mol. The summed E-state index contributed by atoms with van der Waals surface area (Å²) in [5, 5.41) is 7.16. The minimum Gasteiger partial charge on any atom is -0.364 e. The van der Waals surface area contributed by atoms with Crippen LogP contribution in [0.1, 0.15) is 23.7 Å². The topological polar surface area (TPSA) is 62.2 Å². The molecule has 0 heterocycles. The molecule has 0 spiro atoms. The molecule has 0 saturated heterocycles. The Morgan fingerprint density at radius 3 is 2.64 bits per heavy atom. The number of nitrogens with one attached hydrogen (secondary N) is 2. The summed E-state index contributed by atoms with van der Waals surface area (Å²) in [6.07, 6.45) is 0.453. The highest BCUT2D eigenvalue weighted by atomic mass is 16.7. The predicted octanol–water partition coefficient (Wildman–Crippen LogP) is 1.74. The van der Waals surface area contributed by atoms with Crippen LogP contribution < -0.4 is 5.48 Å². The van der Waals surface area contributed by atoms with Crippen molar-refractivity contribution in [2.75, 3.05) is 0 Å². The van der Waals surface area contributed by atoms with Crippen LogP contribution in [0, 0.1) is 5.41 Å². The molecule has 74 valence electrons. The van der Waals surface area contributed by atoms with Gasteiger partial charge in [-0.05, 0) is 12.1 Å². The van der Waals surface area contributed by atoms with Crippen molar-refractivity contribution in [2.24, 2.45) is 0 Å². The van der Waals surface area contributed by atoms with Crippen molar-refractivity contribution in [2.45, 2.75) is 13.3 Å². The van der Waals surface area contributed by atoms with E-state index in [0.29, 0.717) is 12.0 Å². The lowest BCUT2D eigenvalue weighted by atomic mass is 10.2. The maximum atomic E-state index is 11.3. The first kappa shape index (κ1) is 10.2. The third-order valence-electron chi connectivity index (χ3n) is 1.62. The van der Waals surface area contributed by atoms with Crippen LogP contribution in [0.4, 0.5) is 0 Å². The molecule has 0 fully saturated rings. The molecule has 1 rings (SSSR count). The summed E-state index contributed by atoms with van der Waals surface area (Å²) in [5.74, 6) is -0.307. The lowest BCUT2D eigenvalue weighted by Crippen LogP contribution is -2.26. The first-order chi connectivity index (χ1) is 6.74. The smallest absolute Gasteiger partial charge is 0.283 e. The highest BCUT2D eigenvalue weighted by Crippen LogP contribution is 1.97. The van der Waals surface area contributed by atoms with Crippen LogP contribution in [0.5, 0.6) is 0 Å². The minimum absolute atomic E-state index is 0.0364. The number of benzene rings is 1. The zero-order valence-corrected chi connectivity index (χ0v) is 7.91. The van der Waals surface area contributed by atoms with Crippen molar-refractivity contribution in [3.05, 3.63) is 35.9 Å². The van der Waals surface area contributed by atoms with Crippen LogP contribution in [-0.2, 0) is 4.84 Å². The highest BCUT2D eigenvalue weighted by molar-refractivity contribution is 5.94. The molecule has 0 bridgehead atoms. The van der Waals surface area contributed by atoms with E-state index >= 15 is 0 Å². The zero-order valence-electron chi connectivity index (χ0n) is 7.91. The Kier molecular flexibility index (Phi) is 3.67. The minimum atomic E-state index is -0.344. The summed E-state index contributed by atoms with van der Waals surface area (Å²) in [6.45, 7) is 1.77. The Bertz CT molecular complexity index is 322. The molecule has 14 heavy (non-hydrogen) atoms. The van der Waals surface area contributed by atoms with E-state index < -0.39 is 0 Å². The zero-order chi connectivity index (χ0) is 10.4. The number of hydroxylamine groups is 1. The van der Waals surface area contributed by atoms with Crippen molar-refractivity contribution in [1.29, 1.82) is 5.41 Å². The monoisotopic (exact) mass is 192 g/mol. The second-order valence-corrected chi connectivity index (χ2v) is 2.68. The van der Waals surface area contributed by atoms with Gasteiger partial charge in [0.05, 0.1) is 0 Å². The first-order valence-electron chi connectivity index (χ1n) is 4.33. The van der Waals surface area contributed by atoms with Crippen LogP contribution in [0.15, 0.2) is 30.3 Å². The SMILES string of the molecule is CCC(=N)ONC(=O)c1ccccc1. The van der Waals surface area contributed by atoms with Crippen LogP contribution in [0.3, 0.4) is 0 Å². The maximum absolute atomic E-state index is 11.3. The van der Waals surface area contributed by atoms with Gasteiger partial charge >= 0.3 is 0 Å². The van der Waals surface area contributed by atoms with Gasteiger partial charge in [-0.25, -0.2) is 0 Å². The largest absolute Gasteiger partial charge is 0.364 e. The van der Waals surface area contributed by atoms with Gasteiger partial charge in [-0.1, -0.05) is 25.1 Å². The van der Waals surface area contributed by atoms with Gasteiger partial charge in [-0.3, -0.25) is 10.2 Å². The molecular formula is C10H12N2O2. The van der Waals surface area contributed by atoms with Gasteiger partial charge < -0.3 is 4.84 Å². The van der Waals surface area contributed by atoms with Crippen molar-refractivity contribution >= 4 is 11.8 Å². The maximum Gasteiger partial charge on any atom is 0.283 e. The molecule has 0 atom stereocenters. The Balaban J connectivity index is 2.48. The molecule has 0 aliphatic rings. The van der Waals surface area contributed by atoms with E-state index in [0.717, 1.165) is 0 Å². The van der Waals surface area contributed by atoms with Gasteiger partial charge in [0.15, 0.2) is 0 Å². The second-order valence-electron chi connectivity index (χ2n) is 2.68. The van der Waals surface area contributed by atoms with Crippen molar-refractivity contribution in [1.82, 2.24) is 5.48 Å². The van der Waals surface area contributed by atoms with Crippen LogP contribution >= 0.6 is 0 Å². The van der Waals surface area contributed by atoms with E-state index in [9.17, 15) is 4.79 Å². The van der Waals surface area contributed by atoms with Crippen LogP contribution in [0.25, 0.3) is 0 Å². The standard InChI is InChI=1S/C10H12N2O2/c1-2-9(11)14-12-10(13)8-6-4-3-5-7-8/h3-7,11H,2H2,1H3,(H,12,13). The molecule has 0 saturated carbocycles. The summed E-state index contributed by atoms with van der Waals surface area (Å²) >= 11 is 0. The molecule has 1 amide bonds. The van der Waals surface area contributed by atoms with E-state index in [1.54, 1.807) is 31.2 Å². The summed E-state index contributed by atoms with van der Waals surface area (Å²) < 4.78 is 0. The third-order valence-corrected chi connectivity index (χ3v) is 1.62. The molecule has 1 aromatic rings. The summed E-state index contributed by atoms with van der Waals surface area (Å²) in [7, 11) is 0. The van der Waals surface area contributed by atoms with E-state index in [4.69, 9.17) is 10.2 Å². The quantitative estimate of drug-likeness (QED) is 0.426. The van der Waals surface area contributed by atoms with Gasteiger partial charge in [0, 0.05) is 12.0 Å². The molecule has 1 aromatic carbocycles. The van der Waals surface area contributed by atoms with E-state index in [2.05, 4.69) is 5.48 Å². The molecule has 2 N–H and O–H groups in total. The summed E-state index contributed by atoms with van der Waals surface area (Å²) in [6, 6.07) is 8.70. The van der Waals surface area contributed by atoms with Crippen molar-refractivity contribution < 1.29 is 9.63 Å². The van der Waals surface area contributed by atoms with Crippen molar-refractivity contribution in [3.8, 4) is 0 Å². The Labute approximate surface area is 82.4 Å². The van der Waals surface area contributed by atoms with Crippen molar-refractivity contribution in [3.63, 3.8) is 0 Å². The average molecular weight is 192 g/mol. The number of amides is 1. The van der Waals surface area contributed by atoms with E-state index in [1.807, 2.05) is 6.07 Å². The predicted molar refractivity (Wildman–Crippen MR) is 53.0 cm³/mol. The van der Waals surface area contributed by atoms with Gasteiger partial charge in [-0.2, -0.15) is 5.48 Å². The Morgan fingerprint density at radius 2 is 2.07 bits per heavy atom. The molecule has 0 unspecified atom stereocenters. The lowest BCUT2D eigenvalue weighted by molar-refractivity contribution is 0.0727. The highest BCUT2D eigenvalue weighted by Gasteiger charge is 2.04. The van der Waals surface area contributed by atoms with Gasteiger partial charge in [-0.15, -0.1) is 0 Å². The van der Waals surface area contributed by atoms with Gasteiger partial charge in [0.25, 0.3) is 5.91 Å². The summed E-state index contributed by atoms with van der Waals surface area (Å²) in [4.78, 5) is 16.0.